The average molecular weight is 1140 g/mol. The van der Waals surface area contributed by atoms with Crippen LogP contribution in [-0.4, -0.2) is 37.2 Å². The van der Waals surface area contributed by atoms with Crippen LogP contribution in [0.3, 0.4) is 0 Å². The molecule has 0 aliphatic heterocycles. The Kier molecular flexibility index (Phi) is 68.1. The van der Waals surface area contributed by atoms with Crippen LogP contribution in [0.5, 0.6) is 0 Å². The van der Waals surface area contributed by atoms with E-state index in [1.807, 2.05) is 0 Å². The fourth-order valence-corrected chi connectivity index (χ4v) is 11.2. The van der Waals surface area contributed by atoms with Gasteiger partial charge in [-0.3, -0.25) is 14.4 Å². The first-order chi connectivity index (χ1) is 40.0. The number of hydrogen-bond donors (Lipinski definition) is 0. The highest BCUT2D eigenvalue weighted by molar-refractivity contribution is 5.71. The van der Waals surface area contributed by atoms with Gasteiger partial charge < -0.3 is 14.2 Å². The van der Waals surface area contributed by atoms with Crippen LogP contribution in [-0.2, 0) is 28.6 Å². The van der Waals surface area contributed by atoms with Crippen LogP contribution < -0.4 is 0 Å². The monoisotopic (exact) mass is 1140 g/mol. The van der Waals surface area contributed by atoms with Crippen LogP contribution >= 0.6 is 0 Å². The summed E-state index contributed by atoms with van der Waals surface area (Å²) in [5, 5.41) is 0. The lowest BCUT2D eigenvalue weighted by molar-refractivity contribution is -0.167. The van der Waals surface area contributed by atoms with Gasteiger partial charge in [0.25, 0.3) is 0 Å². The Morgan fingerprint density at radius 1 is 0.259 bits per heavy atom. The zero-order valence-corrected chi connectivity index (χ0v) is 54.8. The van der Waals surface area contributed by atoms with Crippen LogP contribution in [0.1, 0.15) is 406 Å². The third-order valence-corrected chi connectivity index (χ3v) is 16.7. The van der Waals surface area contributed by atoms with Crippen molar-refractivity contribution < 1.29 is 28.6 Å². The molecule has 0 spiro atoms. The fraction of sp³-hybridized carbons (Fsp3) is 0.880. The largest absolute Gasteiger partial charge is 0.462 e. The van der Waals surface area contributed by atoms with Gasteiger partial charge in [0.15, 0.2) is 6.10 Å². The summed E-state index contributed by atoms with van der Waals surface area (Å²) in [6, 6.07) is 0. The van der Waals surface area contributed by atoms with E-state index < -0.39 is 6.10 Å². The molecule has 0 aromatic carbocycles. The number of esters is 3. The SMILES string of the molecule is CC/C=C\C/C=C\C/C=C\CCCCCCCCCC(=O)OCC(COC(=O)CCCCCCCCCCCCCCCCCCCCCCCCCCCCC)OC(=O)CCCCCCCCCCCCCCCCCCCCC. The Morgan fingerprint density at radius 2 is 0.481 bits per heavy atom. The van der Waals surface area contributed by atoms with Gasteiger partial charge in [0.2, 0.25) is 0 Å². The summed E-state index contributed by atoms with van der Waals surface area (Å²) < 4.78 is 17.0. The lowest BCUT2D eigenvalue weighted by atomic mass is 10.0. The molecular weight excluding hydrogens is 997 g/mol. The van der Waals surface area contributed by atoms with E-state index in [1.165, 1.54) is 283 Å². The maximum absolute atomic E-state index is 13.0. The molecule has 0 aliphatic carbocycles. The summed E-state index contributed by atoms with van der Waals surface area (Å²) in [6.07, 6.45) is 87.6. The van der Waals surface area contributed by atoms with E-state index in [4.69, 9.17) is 14.2 Å². The van der Waals surface area contributed by atoms with Gasteiger partial charge in [0.1, 0.15) is 13.2 Å². The maximum Gasteiger partial charge on any atom is 0.306 e. The zero-order chi connectivity index (χ0) is 58.5. The number of carbonyl (C=O) groups is 3. The second-order valence-electron chi connectivity index (χ2n) is 24.8. The Labute approximate surface area is 506 Å². The minimum Gasteiger partial charge on any atom is -0.462 e. The van der Waals surface area contributed by atoms with Gasteiger partial charge in [-0.25, -0.2) is 0 Å². The van der Waals surface area contributed by atoms with Crippen LogP contribution in [0.25, 0.3) is 0 Å². The van der Waals surface area contributed by atoms with Gasteiger partial charge in [-0.15, -0.1) is 0 Å². The first-order valence-electron chi connectivity index (χ1n) is 36.5. The van der Waals surface area contributed by atoms with Gasteiger partial charge in [0, 0.05) is 19.3 Å². The lowest BCUT2D eigenvalue weighted by Gasteiger charge is -2.18. The van der Waals surface area contributed by atoms with Crippen LogP contribution in [0, 0.1) is 0 Å². The highest BCUT2D eigenvalue weighted by Gasteiger charge is 2.19. The fourth-order valence-electron chi connectivity index (χ4n) is 11.2. The molecule has 0 aliphatic rings. The summed E-state index contributed by atoms with van der Waals surface area (Å²) >= 11 is 0. The summed E-state index contributed by atoms with van der Waals surface area (Å²) in [5.74, 6) is -0.846. The molecule has 0 aromatic heterocycles. The average Bonchev–Trinajstić information content (AvgIpc) is 3.47. The Bertz CT molecular complexity index is 1350. The summed E-state index contributed by atoms with van der Waals surface area (Å²) in [5.41, 5.74) is 0. The van der Waals surface area contributed by atoms with Gasteiger partial charge in [-0.2, -0.15) is 0 Å². The van der Waals surface area contributed by atoms with E-state index in [-0.39, 0.29) is 31.1 Å². The predicted molar refractivity (Wildman–Crippen MR) is 353 cm³/mol. The number of carbonyl (C=O) groups excluding carboxylic acids is 3. The second-order valence-corrected chi connectivity index (χ2v) is 24.8. The van der Waals surface area contributed by atoms with Crippen LogP contribution in [0.2, 0.25) is 0 Å². The molecule has 6 heteroatoms. The Morgan fingerprint density at radius 3 is 0.753 bits per heavy atom. The smallest absolute Gasteiger partial charge is 0.306 e. The first kappa shape index (κ1) is 78.6. The van der Waals surface area contributed by atoms with E-state index in [0.29, 0.717) is 19.3 Å². The molecule has 81 heavy (non-hydrogen) atoms. The molecule has 0 radical (unpaired) electrons. The van der Waals surface area contributed by atoms with E-state index in [0.717, 1.165) is 83.5 Å². The van der Waals surface area contributed by atoms with Gasteiger partial charge in [-0.05, 0) is 51.4 Å². The summed E-state index contributed by atoms with van der Waals surface area (Å²) in [7, 11) is 0. The van der Waals surface area contributed by atoms with Crippen LogP contribution in [0.4, 0.5) is 0 Å². The molecule has 0 saturated heterocycles. The van der Waals surface area contributed by atoms with E-state index in [1.54, 1.807) is 0 Å². The van der Waals surface area contributed by atoms with Gasteiger partial charge in [0.05, 0.1) is 0 Å². The topological polar surface area (TPSA) is 78.9 Å². The van der Waals surface area contributed by atoms with Crippen molar-refractivity contribution in [3.63, 3.8) is 0 Å². The van der Waals surface area contributed by atoms with E-state index in [9.17, 15) is 14.4 Å². The summed E-state index contributed by atoms with van der Waals surface area (Å²) in [6.45, 7) is 6.61. The molecule has 0 amide bonds. The van der Waals surface area contributed by atoms with Crippen molar-refractivity contribution in [3.8, 4) is 0 Å². The number of allylic oxidation sites excluding steroid dienone is 6. The number of rotatable bonds is 68. The molecule has 0 rings (SSSR count). The quantitative estimate of drug-likeness (QED) is 0.0261. The van der Waals surface area contributed by atoms with Crippen molar-refractivity contribution in [1.29, 1.82) is 0 Å². The maximum atomic E-state index is 13.0. The Hall–Kier alpha value is -2.37. The molecule has 476 valence electrons. The molecule has 1 atom stereocenters. The normalized spacial score (nSPS) is 12.2. The van der Waals surface area contributed by atoms with Crippen molar-refractivity contribution in [3.05, 3.63) is 36.5 Å². The zero-order valence-electron chi connectivity index (χ0n) is 54.8. The summed E-state index contributed by atoms with van der Waals surface area (Å²) in [4.78, 5) is 38.5. The second kappa shape index (κ2) is 70.1. The Balaban J connectivity index is 4.24. The molecule has 0 heterocycles. The van der Waals surface area contributed by atoms with E-state index in [2.05, 4.69) is 57.2 Å². The molecule has 1 unspecified atom stereocenters. The third kappa shape index (κ3) is 68.3. The van der Waals surface area contributed by atoms with Crippen molar-refractivity contribution in [2.24, 2.45) is 0 Å². The molecule has 6 nitrogen and oxygen atoms in total. The third-order valence-electron chi connectivity index (χ3n) is 16.7. The van der Waals surface area contributed by atoms with Crippen molar-refractivity contribution in [2.45, 2.75) is 412 Å². The van der Waals surface area contributed by atoms with Crippen molar-refractivity contribution in [2.75, 3.05) is 13.2 Å². The predicted octanol–water partition coefficient (Wildman–Crippen LogP) is 25.1. The van der Waals surface area contributed by atoms with Crippen molar-refractivity contribution in [1.82, 2.24) is 0 Å². The first-order valence-corrected chi connectivity index (χ1v) is 36.5. The van der Waals surface area contributed by atoms with Crippen LogP contribution in [0.15, 0.2) is 36.5 Å². The highest BCUT2D eigenvalue weighted by atomic mass is 16.6. The molecule has 0 bridgehead atoms. The molecular formula is C75H140O6. The molecule has 0 N–H and O–H groups in total. The molecule has 0 aromatic rings. The minimum absolute atomic E-state index is 0.0691. The van der Waals surface area contributed by atoms with Crippen molar-refractivity contribution >= 4 is 17.9 Å². The molecule has 0 saturated carbocycles. The van der Waals surface area contributed by atoms with Gasteiger partial charge in [-0.1, -0.05) is 372 Å². The number of unbranched alkanes of at least 4 members (excludes halogenated alkanes) is 51. The number of hydrogen-bond acceptors (Lipinski definition) is 6. The number of ether oxygens (including phenoxy) is 3. The molecule has 0 fully saturated rings. The van der Waals surface area contributed by atoms with E-state index >= 15 is 0 Å². The van der Waals surface area contributed by atoms with Gasteiger partial charge >= 0.3 is 17.9 Å². The lowest BCUT2D eigenvalue weighted by Crippen LogP contribution is -2.30. The standard InChI is InChI=1S/C75H140O6/c1-4-7-10-13-16-19-22-25-28-31-33-34-35-36-37-38-39-40-42-44-47-50-53-56-59-62-65-68-74(77)80-71-72(70-79-73(76)67-64-61-58-55-52-49-46-43-30-27-24-21-18-15-12-9-6-3)81-75(78)69-66-63-60-57-54-51-48-45-41-32-29-26-23-20-17-14-11-8-5-2/h9,12,18,21,27,30,72H,4-8,10-11,13-17,19-20,22-26,28-29,31-71H2,1-3H3/b12-9-,21-18-,30-27-. The highest BCUT2D eigenvalue weighted by Crippen LogP contribution is 2.19. The minimum atomic E-state index is -0.774.